The van der Waals surface area contributed by atoms with Gasteiger partial charge in [0.25, 0.3) is 0 Å². The lowest BCUT2D eigenvalue weighted by molar-refractivity contribution is 0.179. The first-order chi connectivity index (χ1) is 3.77. The highest BCUT2D eigenvalue weighted by atomic mass is 16.5. The molecule has 0 saturated heterocycles. The summed E-state index contributed by atoms with van der Waals surface area (Å²) in [5.41, 5.74) is 0. The Bertz CT molecular complexity index is 64.8. The third-order valence-corrected chi connectivity index (χ3v) is 0.683. The Kier molecular flexibility index (Phi) is 4.42. The van der Waals surface area contributed by atoms with E-state index >= 15 is 0 Å². The molecule has 1 nitrogen and oxygen atoms in total. The molecule has 0 N–H and O–H groups in total. The van der Waals surface area contributed by atoms with Crippen LogP contribution in [0, 0.1) is 0 Å². The number of ether oxygens (including phenoxy) is 1. The summed E-state index contributed by atoms with van der Waals surface area (Å²) in [6, 6.07) is 0. The normalized spacial score (nSPS) is 11.0. The number of hydrogen-bond donors (Lipinski definition) is 0. The van der Waals surface area contributed by atoms with E-state index in [4.69, 9.17) is 4.74 Å². The van der Waals surface area contributed by atoms with Gasteiger partial charge in [-0.15, -0.1) is 0 Å². The second-order valence-electron chi connectivity index (χ2n) is 1.96. The predicted molar refractivity (Wildman–Crippen MR) is 35.7 cm³/mol. The fourth-order valence-electron chi connectivity index (χ4n) is 0.309. The van der Waals surface area contributed by atoms with E-state index in [-0.39, 0.29) is 0 Å². The Morgan fingerprint density at radius 3 is 2.50 bits per heavy atom. The Morgan fingerprint density at radius 1 is 1.50 bits per heavy atom. The van der Waals surface area contributed by atoms with Crippen molar-refractivity contribution >= 4 is 0 Å². The molecule has 8 heavy (non-hydrogen) atoms. The van der Waals surface area contributed by atoms with Gasteiger partial charge in [-0.05, 0) is 20.3 Å². The van der Waals surface area contributed by atoms with Gasteiger partial charge in [-0.3, -0.25) is 0 Å². The summed E-state index contributed by atoms with van der Waals surface area (Å²) in [4.78, 5) is 0. The van der Waals surface area contributed by atoms with Crippen LogP contribution in [0.2, 0.25) is 0 Å². The molecule has 0 fully saturated rings. The fourth-order valence-corrected chi connectivity index (χ4v) is 0.309. The number of hydrogen-bond acceptors (Lipinski definition) is 1. The standard InChI is InChI=1S/C7H14O/c1-4-5-6-8-7(2)3/h5-7H,4H2,1-3H3/b6-5-. The summed E-state index contributed by atoms with van der Waals surface area (Å²) in [7, 11) is 0. The van der Waals surface area contributed by atoms with Gasteiger partial charge in [0.05, 0.1) is 12.4 Å². The number of allylic oxidation sites excluding steroid dienone is 1. The highest BCUT2D eigenvalue weighted by molar-refractivity contribution is 4.70. The molecule has 0 aromatic rings. The van der Waals surface area contributed by atoms with Crippen LogP contribution in [-0.4, -0.2) is 6.10 Å². The van der Waals surface area contributed by atoms with Crippen molar-refractivity contribution in [3.05, 3.63) is 12.3 Å². The maximum atomic E-state index is 5.10. The predicted octanol–water partition coefficient (Wildman–Crippen LogP) is 2.34. The smallest absolute Gasteiger partial charge is 0.0922 e. The highest BCUT2D eigenvalue weighted by Crippen LogP contribution is 1.88. The van der Waals surface area contributed by atoms with E-state index in [1.807, 2.05) is 19.9 Å². The first-order valence-corrected chi connectivity index (χ1v) is 3.07. The van der Waals surface area contributed by atoms with Crippen molar-refractivity contribution in [2.75, 3.05) is 0 Å². The van der Waals surface area contributed by atoms with Crippen molar-refractivity contribution in [2.45, 2.75) is 33.3 Å². The monoisotopic (exact) mass is 114 g/mol. The van der Waals surface area contributed by atoms with Crippen molar-refractivity contribution in [1.29, 1.82) is 0 Å². The average Bonchev–Trinajstić information content (AvgIpc) is 1.66. The van der Waals surface area contributed by atoms with E-state index in [2.05, 4.69) is 6.92 Å². The Hall–Kier alpha value is -0.460. The molecule has 0 spiro atoms. The molecule has 0 rings (SSSR count). The van der Waals surface area contributed by atoms with Gasteiger partial charge in [-0.25, -0.2) is 0 Å². The molecule has 48 valence electrons. The zero-order valence-electron chi connectivity index (χ0n) is 5.85. The van der Waals surface area contributed by atoms with Gasteiger partial charge >= 0.3 is 0 Å². The molecule has 0 aliphatic heterocycles. The van der Waals surface area contributed by atoms with Crippen molar-refractivity contribution in [3.63, 3.8) is 0 Å². The Balaban J connectivity index is 3.03. The molecule has 0 aromatic heterocycles. The maximum absolute atomic E-state index is 5.10. The zero-order chi connectivity index (χ0) is 6.41. The minimum Gasteiger partial charge on any atom is -0.499 e. The van der Waals surface area contributed by atoms with Crippen LogP contribution in [-0.2, 0) is 4.74 Å². The highest BCUT2D eigenvalue weighted by Gasteiger charge is 1.82. The molecule has 1 heteroatoms. The van der Waals surface area contributed by atoms with Crippen LogP contribution in [0.25, 0.3) is 0 Å². The van der Waals surface area contributed by atoms with Crippen LogP contribution in [0.3, 0.4) is 0 Å². The van der Waals surface area contributed by atoms with Crippen LogP contribution < -0.4 is 0 Å². The van der Waals surface area contributed by atoms with Crippen molar-refractivity contribution in [1.82, 2.24) is 0 Å². The van der Waals surface area contributed by atoms with Gasteiger partial charge < -0.3 is 4.74 Å². The van der Waals surface area contributed by atoms with E-state index in [0.717, 1.165) is 6.42 Å². The fraction of sp³-hybridized carbons (Fsp3) is 0.714. The summed E-state index contributed by atoms with van der Waals surface area (Å²) in [5.74, 6) is 0. The summed E-state index contributed by atoms with van der Waals surface area (Å²) in [6.45, 7) is 6.11. The first kappa shape index (κ1) is 7.54. The van der Waals surface area contributed by atoms with Crippen LogP contribution in [0.4, 0.5) is 0 Å². The summed E-state index contributed by atoms with van der Waals surface area (Å²) < 4.78 is 5.10. The molecule has 0 radical (unpaired) electrons. The van der Waals surface area contributed by atoms with E-state index in [9.17, 15) is 0 Å². The van der Waals surface area contributed by atoms with E-state index < -0.39 is 0 Å². The van der Waals surface area contributed by atoms with Crippen molar-refractivity contribution < 1.29 is 4.74 Å². The van der Waals surface area contributed by atoms with Gasteiger partial charge in [0.2, 0.25) is 0 Å². The second-order valence-corrected chi connectivity index (χ2v) is 1.96. The third kappa shape index (κ3) is 5.54. The molecule has 0 aliphatic carbocycles. The largest absolute Gasteiger partial charge is 0.499 e. The van der Waals surface area contributed by atoms with Gasteiger partial charge in [0.1, 0.15) is 0 Å². The summed E-state index contributed by atoms with van der Waals surface area (Å²) >= 11 is 0. The molecular weight excluding hydrogens is 100 g/mol. The molecular formula is C7H14O. The summed E-state index contributed by atoms with van der Waals surface area (Å²) in [5, 5.41) is 0. The van der Waals surface area contributed by atoms with Crippen LogP contribution in [0.5, 0.6) is 0 Å². The lowest BCUT2D eigenvalue weighted by Crippen LogP contribution is -1.94. The quantitative estimate of drug-likeness (QED) is 0.512. The zero-order valence-corrected chi connectivity index (χ0v) is 5.85. The Morgan fingerprint density at radius 2 is 2.12 bits per heavy atom. The third-order valence-electron chi connectivity index (χ3n) is 0.683. The topological polar surface area (TPSA) is 9.23 Å². The lowest BCUT2D eigenvalue weighted by atomic mass is 10.5. The van der Waals surface area contributed by atoms with Crippen molar-refractivity contribution in [3.8, 4) is 0 Å². The summed E-state index contributed by atoms with van der Waals surface area (Å²) in [6.07, 6.45) is 5.12. The molecule has 0 saturated carbocycles. The molecule has 0 bridgehead atoms. The molecule has 0 atom stereocenters. The van der Waals surface area contributed by atoms with Gasteiger partial charge in [-0.2, -0.15) is 0 Å². The Labute approximate surface area is 51.4 Å². The minimum atomic E-state index is 0.317. The van der Waals surface area contributed by atoms with Crippen LogP contribution >= 0.6 is 0 Å². The van der Waals surface area contributed by atoms with E-state index in [1.165, 1.54) is 0 Å². The van der Waals surface area contributed by atoms with E-state index in [1.54, 1.807) is 6.26 Å². The molecule has 0 unspecified atom stereocenters. The lowest BCUT2D eigenvalue weighted by Gasteiger charge is -2.01. The van der Waals surface area contributed by atoms with Gasteiger partial charge in [0, 0.05) is 0 Å². The van der Waals surface area contributed by atoms with Crippen LogP contribution in [0.1, 0.15) is 27.2 Å². The first-order valence-electron chi connectivity index (χ1n) is 3.07. The molecule has 0 heterocycles. The van der Waals surface area contributed by atoms with Gasteiger partial charge in [0.15, 0.2) is 0 Å². The maximum Gasteiger partial charge on any atom is 0.0922 e. The molecule has 0 aromatic carbocycles. The minimum absolute atomic E-state index is 0.317. The second kappa shape index (κ2) is 4.69. The molecule has 0 amide bonds. The van der Waals surface area contributed by atoms with E-state index in [0.29, 0.717) is 6.10 Å². The van der Waals surface area contributed by atoms with Gasteiger partial charge in [-0.1, -0.05) is 13.0 Å². The average molecular weight is 114 g/mol. The van der Waals surface area contributed by atoms with Crippen molar-refractivity contribution in [2.24, 2.45) is 0 Å². The number of rotatable bonds is 3. The van der Waals surface area contributed by atoms with Crippen LogP contribution in [0.15, 0.2) is 12.3 Å². The molecule has 0 aliphatic rings. The SMILES string of the molecule is CC/C=C\OC(C)C.